The molecule has 0 saturated heterocycles. The maximum atomic E-state index is 13.2. The van der Waals surface area contributed by atoms with Crippen LogP contribution in [0.5, 0.6) is 0 Å². The number of hydrogen-bond donors (Lipinski definition) is 3. The Morgan fingerprint density at radius 3 is 0.541 bits per heavy atom. The average molecular weight is 1590 g/mol. The topological polar surface area (TPSA) is 237 Å². The second kappa shape index (κ2) is 84.0. The lowest BCUT2D eigenvalue weighted by molar-refractivity contribution is -0.161. The Hall–Kier alpha value is -1.94. The predicted octanol–water partition coefficient (Wildman–Crippen LogP) is 28.1. The number of rotatable bonds is 91. The van der Waals surface area contributed by atoms with Gasteiger partial charge < -0.3 is 33.8 Å². The van der Waals surface area contributed by atoms with Crippen LogP contribution < -0.4 is 0 Å². The molecule has 0 aromatic rings. The highest BCUT2D eigenvalue weighted by molar-refractivity contribution is 7.47. The zero-order valence-electron chi connectivity index (χ0n) is 71.5. The largest absolute Gasteiger partial charge is 0.472 e. The second-order valence-corrected chi connectivity index (χ2v) is 35.3. The molecule has 17 nitrogen and oxygen atoms in total. The van der Waals surface area contributed by atoms with Crippen LogP contribution >= 0.6 is 15.6 Å². The Morgan fingerprint density at radius 2 is 0.367 bits per heavy atom. The summed E-state index contributed by atoms with van der Waals surface area (Å²) in [6.45, 7) is 5.09. The Balaban J connectivity index is 5.25. The minimum atomic E-state index is -4.97. The van der Waals surface area contributed by atoms with Crippen molar-refractivity contribution in [1.29, 1.82) is 0 Å². The molecule has 0 aliphatic carbocycles. The van der Waals surface area contributed by atoms with Gasteiger partial charge in [0, 0.05) is 25.7 Å². The summed E-state index contributed by atoms with van der Waals surface area (Å²) in [7, 11) is -9.93. The summed E-state index contributed by atoms with van der Waals surface area (Å²) in [5.41, 5.74) is 0. The van der Waals surface area contributed by atoms with E-state index >= 15 is 0 Å². The maximum absolute atomic E-state index is 13.2. The van der Waals surface area contributed by atoms with Crippen LogP contribution in [0, 0.1) is 0 Å². The highest BCUT2D eigenvalue weighted by atomic mass is 31.2. The molecular formula is C90H176O17P2. The van der Waals surface area contributed by atoms with E-state index in [-0.39, 0.29) is 25.7 Å². The van der Waals surface area contributed by atoms with E-state index in [9.17, 15) is 43.2 Å². The highest BCUT2D eigenvalue weighted by Crippen LogP contribution is 2.45. The summed E-state index contributed by atoms with van der Waals surface area (Å²) in [4.78, 5) is 73.4. The van der Waals surface area contributed by atoms with E-state index in [1.807, 2.05) is 0 Å². The highest BCUT2D eigenvalue weighted by Gasteiger charge is 2.30. The molecule has 0 aliphatic rings. The molecule has 648 valence electrons. The third-order valence-corrected chi connectivity index (χ3v) is 23.3. The van der Waals surface area contributed by atoms with Crippen LogP contribution in [0.2, 0.25) is 0 Å². The van der Waals surface area contributed by atoms with E-state index in [1.54, 1.807) is 0 Å². The van der Waals surface area contributed by atoms with Crippen LogP contribution in [0.3, 0.4) is 0 Å². The first-order valence-electron chi connectivity index (χ1n) is 46.8. The zero-order valence-corrected chi connectivity index (χ0v) is 73.3. The molecule has 0 saturated carbocycles. The summed E-state index contributed by atoms with van der Waals surface area (Å²) in [5.74, 6) is -2.09. The van der Waals surface area contributed by atoms with E-state index < -0.39 is 97.5 Å². The van der Waals surface area contributed by atoms with Crippen molar-refractivity contribution in [2.45, 2.75) is 515 Å². The minimum absolute atomic E-state index is 0.110. The van der Waals surface area contributed by atoms with Gasteiger partial charge >= 0.3 is 39.5 Å². The molecule has 19 heteroatoms. The number of hydrogen-bond acceptors (Lipinski definition) is 15. The van der Waals surface area contributed by atoms with E-state index in [1.165, 1.54) is 327 Å². The summed E-state index contributed by atoms with van der Waals surface area (Å²) >= 11 is 0. The van der Waals surface area contributed by atoms with Crippen LogP contribution in [-0.4, -0.2) is 96.7 Å². The fourth-order valence-electron chi connectivity index (χ4n) is 14.2. The molecule has 5 atom stereocenters. The van der Waals surface area contributed by atoms with Gasteiger partial charge in [-0.25, -0.2) is 9.13 Å². The fraction of sp³-hybridized carbons (Fsp3) is 0.956. The lowest BCUT2D eigenvalue weighted by Crippen LogP contribution is -2.30. The molecule has 3 N–H and O–H groups in total. The van der Waals surface area contributed by atoms with Gasteiger partial charge in [0.2, 0.25) is 0 Å². The Bertz CT molecular complexity index is 2050. The van der Waals surface area contributed by atoms with E-state index in [0.29, 0.717) is 25.7 Å². The summed E-state index contributed by atoms with van der Waals surface area (Å²) in [5, 5.41) is 10.7. The van der Waals surface area contributed by atoms with Crippen molar-refractivity contribution in [3.63, 3.8) is 0 Å². The maximum Gasteiger partial charge on any atom is 0.472 e. The Kier molecular flexibility index (Phi) is 82.5. The first-order chi connectivity index (χ1) is 53.2. The van der Waals surface area contributed by atoms with Crippen molar-refractivity contribution in [2.24, 2.45) is 0 Å². The molecule has 0 radical (unpaired) electrons. The summed E-state index contributed by atoms with van der Waals surface area (Å²) in [6, 6.07) is 0. The van der Waals surface area contributed by atoms with Gasteiger partial charge in [0.25, 0.3) is 0 Å². The molecule has 0 aromatic heterocycles. The fourth-order valence-corrected chi connectivity index (χ4v) is 15.8. The second-order valence-electron chi connectivity index (χ2n) is 32.3. The quantitative estimate of drug-likeness (QED) is 0.0222. The molecule has 0 rings (SSSR count). The molecule has 0 heterocycles. The molecule has 2 unspecified atom stereocenters. The van der Waals surface area contributed by atoms with E-state index in [4.69, 9.17) is 37.0 Å². The summed E-state index contributed by atoms with van der Waals surface area (Å²) in [6.07, 6.45) is 80.5. The van der Waals surface area contributed by atoms with Gasteiger partial charge in [0.15, 0.2) is 12.2 Å². The van der Waals surface area contributed by atoms with Gasteiger partial charge in [-0.15, -0.1) is 0 Å². The van der Waals surface area contributed by atoms with Gasteiger partial charge in [0.05, 0.1) is 26.4 Å². The van der Waals surface area contributed by atoms with Crippen molar-refractivity contribution in [3.05, 3.63) is 0 Å². The molecule has 0 aliphatic heterocycles. The molecule has 0 bridgehead atoms. The lowest BCUT2D eigenvalue weighted by Gasteiger charge is -2.21. The summed E-state index contributed by atoms with van der Waals surface area (Å²) < 4.78 is 69.1. The third-order valence-electron chi connectivity index (χ3n) is 21.4. The minimum Gasteiger partial charge on any atom is -0.462 e. The molecule has 0 spiro atoms. The van der Waals surface area contributed by atoms with Gasteiger partial charge in [-0.3, -0.25) is 37.3 Å². The molecular weight excluding hydrogens is 1410 g/mol. The predicted molar refractivity (Wildman–Crippen MR) is 451 cm³/mol. The standard InChI is InChI=1S/C90H176O17P2/c1-5-9-13-17-21-25-29-33-36-39-41-43-46-49-53-57-61-65-69-73-77-90(95)107-86(81-101-88(93)75-71-67-63-59-55-51-47-45-42-40-37-34-30-26-22-18-14-10-6-2)83-105-109(98,99)103-79-84(91)78-102-108(96,97)104-82-85(80-100-87(92)74-70-66-62-58-54-50-32-28-24-20-16-12-8-4)106-89(94)76-72-68-64-60-56-52-48-44-38-35-31-27-23-19-15-11-7-3/h84-86,91H,5-83H2,1-4H3,(H,96,97)(H,98,99)/t84-,85+,86+/m0/s1. The first kappa shape index (κ1) is 107. The normalized spacial score (nSPS) is 13.6. The smallest absolute Gasteiger partial charge is 0.462 e. The van der Waals surface area contributed by atoms with Crippen LogP contribution in [0.1, 0.15) is 496 Å². The lowest BCUT2D eigenvalue weighted by atomic mass is 10.0. The van der Waals surface area contributed by atoms with Crippen LogP contribution in [0.25, 0.3) is 0 Å². The van der Waals surface area contributed by atoms with E-state index in [0.717, 1.165) is 89.9 Å². The number of aliphatic hydroxyl groups excluding tert-OH is 1. The number of ether oxygens (including phenoxy) is 4. The molecule has 0 aromatic carbocycles. The Labute approximate surface area is 670 Å². The van der Waals surface area contributed by atoms with Gasteiger partial charge in [-0.2, -0.15) is 0 Å². The first-order valence-corrected chi connectivity index (χ1v) is 49.8. The van der Waals surface area contributed by atoms with Crippen molar-refractivity contribution >= 4 is 39.5 Å². The van der Waals surface area contributed by atoms with Crippen molar-refractivity contribution in [3.8, 4) is 0 Å². The van der Waals surface area contributed by atoms with Crippen molar-refractivity contribution < 1.29 is 80.2 Å². The van der Waals surface area contributed by atoms with Crippen LogP contribution in [0.15, 0.2) is 0 Å². The molecule has 0 fully saturated rings. The van der Waals surface area contributed by atoms with Gasteiger partial charge in [0.1, 0.15) is 19.3 Å². The monoisotopic (exact) mass is 1590 g/mol. The zero-order chi connectivity index (χ0) is 79.6. The molecule has 0 amide bonds. The van der Waals surface area contributed by atoms with Crippen molar-refractivity contribution in [2.75, 3.05) is 39.6 Å². The Morgan fingerprint density at radius 1 is 0.220 bits per heavy atom. The average Bonchev–Trinajstić information content (AvgIpc) is 0.897. The SMILES string of the molecule is CCCCCCCCCCCCCCCCCCCCCCC(=O)O[C@H](COC(=O)CCCCCCCCCCCCCCCCCCCCC)COP(=O)(O)OC[C@@H](O)COP(=O)(O)OC[C@@H](COC(=O)CCCCCCCCCCCCCCC)OC(=O)CCCCCCCCCCCCCCCCCCC. The number of unbranched alkanes of at least 4 members (excludes halogenated alkanes) is 65. The molecule has 109 heavy (non-hydrogen) atoms. The number of phosphoric ester groups is 2. The number of esters is 4. The third kappa shape index (κ3) is 83.8. The number of carbonyl (C=O) groups excluding carboxylic acids is 4. The van der Waals surface area contributed by atoms with Crippen LogP contribution in [-0.2, 0) is 65.4 Å². The van der Waals surface area contributed by atoms with Crippen LogP contribution in [0.4, 0.5) is 0 Å². The van der Waals surface area contributed by atoms with Crippen molar-refractivity contribution in [1.82, 2.24) is 0 Å². The van der Waals surface area contributed by atoms with E-state index in [2.05, 4.69) is 27.7 Å². The number of aliphatic hydroxyl groups is 1. The van der Waals surface area contributed by atoms with Gasteiger partial charge in [-0.1, -0.05) is 445 Å². The van der Waals surface area contributed by atoms with Gasteiger partial charge in [-0.05, 0) is 25.7 Å². The number of carbonyl (C=O) groups is 4. The number of phosphoric acid groups is 2.